The SMILES string of the molecule is Cn1c(=O)sc2cc(NC(=O)[C@H]3CCCN(S(=O)(=O)Cc4cccc(Cl)c4)C3)ccc21. The molecule has 1 amide bonds. The molecule has 31 heavy (non-hydrogen) atoms. The summed E-state index contributed by atoms with van der Waals surface area (Å²) in [7, 11) is -1.86. The molecule has 4 rings (SSSR count). The maximum Gasteiger partial charge on any atom is 0.307 e. The minimum Gasteiger partial charge on any atom is -0.326 e. The van der Waals surface area contributed by atoms with Crippen LogP contribution in [-0.2, 0) is 27.6 Å². The van der Waals surface area contributed by atoms with Gasteiger partial charge >= 0.3 is 4.87 Å². The first kappa shape index (κ1) is 22.0. The van der Waals surface area contributed by atoms with Gasteiger partial charge in [0.15, 0.2) is 0 Å². The molecule has 1 atom stereocenters. The lowest BCUT2D eigenvalue weighted by Gasteiger charge is -2.31. The van der Waals surface area contributed by atoms with E-state index < -0.39 is 15.9 Å². The lowest BCUT2D eigenvalue weighted by atomic mass is 9.98. The third kappa shape index (κ3) is 4.85. The molecule has 0 bridgehead atoms. The van der Waals surface area contributed by atoms with Crippen LogP contribution in [0.2, 0.25) is 5.02 Å². The topological polar surface area (TPSA) is 88.5 Å². The number of halogens is 1. The van der Waals surface area contributed by atoms with Crippen LogP contribution in [0.1, 0.15) is 18.4 Å². The first-order chi connectivity index (χ1) is 14.7. The van der Waals surface area contributed by atoms with Gasteiger partial charge in [0.1, 0.15) is 0 Å². The Kier molecular flexibility index (Phi) is 6.20. The fourth-order valence-corrected chi connectivity index (χ4v) is 6.52. The number of aryl methyl sites for hydroxylation is 1. The van der Waals surface area contributed by atoms with E-state index in [1.165, 1.54) is 4.31 Å². The van der Waals surface area contributed by atoms with Crippen LogP contribution in [0.15, 0.2) is 47.3 Å². The zero-order valence-electron chi connectivity index (χ0n) is 16.9. The number of hydrogen-bond donors (Lipinski definition) is 1. The molecule has 1 fully saturated rings. The van der Waals surface area contributed by atoms with Crippen LogP contribution in [0.5, 0.6) is 0 Å². The zero-order valence-corrected chi connectivity index (χ0v) is 19.3. The van der Waals surface area contributed by atoms with E-state index in [1.54, 1.807) is 54.1 Å². The Bertz CT molecular complexity index is 1300. The van der Waals surface area contributed by atoms with Crippen molar-refractivity contribution in [2.75, 3.05) is 18.4 Å². The molecule has 164 valence electrons. The summed E-state index contributed by atoms with van der Waals surface area (Å²) in [6.45, 7) is 0.548. The third-order valence-electron chi connectivity index (χ3n) is 5.45. The predicted octanol–water partition coefficient (Wildman–Crippen LogP) is 3.43. The van der Waals surface area contributed by atoms with Crippen molar-refractivity contribution < 1.29 is 13.2 Å². The zero-order chi connectivity index (χ0) is 22.2. The highest BCUT2D eigenvalue weighted by molar-refractivity contribution is 7.88. The minimum absolute atomic E-state index is 0.0636. The van der Waals surface area contributed by atoms with Gasteiger partial charge in [0.2, 0.25) is 15.9 Å². The number of benzene rings is 2. The number of carbonyl (C=O) groups is 1. The van der Waals surface area contributed by atoms with Gasteiger partial charge in [-0.05, 0) is 48.7 Å². The minimum atomic E-state index is -3.56. The second-order valence-corrected chi connectivity index (χ2v) is 11.1. The van der Waals surface area contributed by atoms with Gasteiger partial charge in [-0.15, -0.1) is 0 Å². The summed E-state index contributed by atoms with van der Waals surface area (Å²) in [6, 6.07) is 12.1. The molecule has 0 spiro atoms. The highest BCUT2D eigenvalue weighted by atomic mass is 35.5. The van der Waals surface area contributed by atoms with E-state index in [2.05, 4.69) is 5.32 Å². The van der Waals surface area contributed by atoms with Crippen LogP contribution in [-0.4, -0.2) is 36.3 Å². The van der Waals surface area contributed by atoms with Crippen LogP contribution in [0.3, 0.4) is 0 Å². The Hall–Kier alpha value is -2.20. The van der Waals surface area contributed by atoms with Gasteiger partial charge in [-0.1, -0.05) is 35.1 Å². The normalized spacial score (nSPS) is 17.7. The summed E-state index contributed by atoms with van der Waals surface area (Å²) in [6.07, 6.45) is 1.24. The van der Waals surface area contributed by atoms with Crippen molar-refractivity contribution in [3.8, 4) is 0 Å². The molecule has 0 aliphatic carbocycles. The number of fused-ring (bicyclic) bond motifs is 1. The molecular weight excluding hydrogens is 458 g/mol. The number of hydrogen-bond acceptors (Lipinski definition) is 5. The number of nitrogens with zero attached hydrogens (tertiary/aromatic N) is 2. The van der Waals surface area contributed by atoms with Crippen molar-refractivity contribution in [3.63, 3.8) is 0 Å². The van der Waals surface area contributed by atoms with Crippen LogP contribution >= 0.6 is 22.9 Å². The molecule has 2 aromatic carbocycles. The maximum atomic E-state index is 12.9. The van der Waals surface area contributed by atoms with Crippen molar-refractivity contribution in [1.29, 1.82) is 0 Å². The van der Waals surface area contributed by atoms with Crippen molar-refractivity contribution in [1.82, 2.24) is 8.87 Å². The Morgan fingerprint density at radius 1 is 1.26 bits per heavy atom. The summed E-state index contributed by atoms with van der Waals surface area (Å²) < 4.78 is 29.5. The number of carbonyl (C=O) groups excluding carboxylic acids is 1. The first-order valence-electron chi connectivity index (χ1n) is 9.86. The number of nitrogens with one attached hydrogen (secondary N) is 1. The molecule has 0 unspecified atom stereocenters. The van der Waals surface area contributed by atoms with E-state index in [4.69, 9.17) is 11.6 Å². The monoisotopic (exact) mass is 479 g/mol. The van der Waals surface area contributed by atoms with E-state index in [1.807, 2.05) is 0 Å². The Morgan fingerprint density at radius 3 is 2.84 bits per heavy atom. The lowest BCUT2D eigenvalue weighted by molar-refractivity contribution is -0.120. The summed E-state index contributed by atoms with van der Waals surface area (Å²) >= 11 is 7.09. The van der Waals surface area contributed by atoms with E-state index in [0.29, 0.717) is 35.7 Å². The standard InChI is InChI=1S/C21H22ClN3O4S2/c1-24-18-8-7-17(11-19(18)30-21(24)27)23-20(26)15-5-3-9-25(12-15)31(28,29)13-14-4-2-6-16(22)10-14/h2,4,6-8,10-11,15H,3,5,9,12-13H2,1H3,(H,23,26)/t15-/m0/s1. The van der Waals surface area contributed by atoms with Gasteiger partial charge in [0.25, 0.3) is 0 Å². The fraction of sp³-hybridized carbons (Fsp3) is 0.333. The van der Waals surface area contributed by atoms with Crippen molar-refractivity contribution in [3.05, 3.63) is 62.7 Å². The van der Waals surface area contributed by atoms with E-state index in [-0.39, 0.29) is 23.1 Å². The molecular formula is C21H22ClN3O4S2. The maximum absolute atomic E-state index is 12.9. The molecule has 1 saturated heterocycles. The second kappa shape index (κ2) is 8.74. The van der Waals surface area contributed by atoms with Crippen molar-refractivity contribution in [2.45, 2.75) is 18.6 Å². The number of rotatable bonds is 5. The molecule has 0 radical (unpaired) electrons. The Labute approximate surface area is 189 Å². The van der Waals surface area contributed by atoms with Gasteiger partial charge < -0.3 is 9.88 Å². The third-order valence-corrected chi connectivity index (χ3v) is 8.49. The quantitative estimate of drug-likeness (QED) is 0.607. The molecule has 1 aliphatic rings. The smallest absolute Gasteiger partial charge is 0.307 e. The summed E-state index contributed by atoms with van der Waals surface area (Å²) in [4.78, 5) is 24.6. The number of piperidine rings is 1. The number of aromatic nitrogens is 1. The van der Waals surface area contributed by atoms with Crippen molar-refractivity contribution in [2.24, 2.45) is 13.0 Å². The van der Waals surface area contributed by atoms with E-state index in [0.717, 1.165) is 21.6 Å². The highest BCUT2D eigenvalue weighted by Crippen LogP contribution is 2.25. The Morgan fingerprint density at radius 2 is 2.06 bits per heavy atom. The van der Waals surface area contributed by atoms with Crippen LogP contribution < -0.4 is 10.2 Å². The van der Waals surface area contributed by atoms with Crippen LogP contribution in [0.4, 0.5) is 5.69 Å². The largest absolute Gasteiger partial charge is 0.326 e. The molecule has 10 heteroatoms. The van der Waals surface area contributed by atoms with Gasteiger partial charge in [-0.25, -0.2) is 12.7 Å². The van der Waals surface area contributed by atoms with Gasteiger partial charge in [-0.3, -0.25) is 9.59 Å². The average molecular weight is 480 g/mol. The second-order valence-electron chi connectivity index (χ2n) is 7.68. The number of thiazole rings is 1. The molecule has 2 heterocycles. The predicted molar refractivity (Wildman–Crippen MR) is 124 cm³/mol. The lowest BCUT2D eigenvalue weighted by Crippen LogP contribution is -2.44. The molecule has 1 aromatic heterocycles. The number of amides is 1. The van der Waals surface area contributed by atoms with Crippen LogP contribution in [0, 0.1) is 5.92 Å². The van der Waals surface area contributed by atoms with Crippen molar-refractivity contribution >= 4 is 54.8 Å². The number of anilines is 1. The fourth-order valence-electron chi connectivity index (χ4n) is 3.79. The molecule has 7 nitrogen and oxygen atoms in total. The summed E-state index contributed by atoms with van der Waals surface area (Å²) in [5.41, 5.74) is 2.02. The highest BCUT2D eigenvalue weighted by Gasteiger charge is 2.32. The first-order valence-corrected chi connectivity index (χ1v) is 12.7. The average Bonchev–Trinajstić information content (AvgIpc) is 3.01. The van der Waals surface area contributed by atoms with E-state index >= 15 is 0 Å². The molecule has 3 aromatic rings. The molecule has 1 N–H and O–H groups in total. The number of sulfonamides is 1. The Balaban J connectivity index is 1.45. The van der Waals surface area contributed by atoms with E-state index in [9.17, 15) is 18.0 Å². The van der Waals surface area contributed by atoms with Gasteiger partial charge in [0.05, 0.1) is 21.9 Å². The summed E-state index contributed by atoms with van der Waals surface area (Å²) in [5, 5.41) is 3.37. The molecule has 1 aliphatic heterocycles. The van der Waals surface area contributed by atoms with Crippen LogP contribution in [0.25, 0.3) is 10.2 Å². The molecule has 0 saturated carbocycles. The van der Waals surface area contributed by atoms with Gasteiger partial charge in [0, 0.05) is 30.8 Å². The van der Waals surface area contributed by atoms with Gasteiger partial charge in [-0.2, -0.15) is 0 Å². The summed E-state index contributed by atoms with van der Waals surface area (Å²) in [5.74, 6) is -0.802.